The minimum absolute atomic E-state index is 0.00716. The van der Waals surface area contributed by atoms with E-state index in [-0.39, 0.29) is 44.6 Å². The Morgan fingerprint density at radius 1 is 0.618 bits per heavy atom. The van der Waals surface area contributed by atoms with Crippen molar-refractivity contribution in [3.8, 4) is 17.1 Å². The molecular weight excluding hydrogens is 813 g/mol. The Morgan fingerprint density at radius 2 is 1.22 bits per heavy atom. The van der Waals surface area contributed by atoms with Crippen molar-refractivity contribution in [2.75, 3.05) is 0 Å². The first kappa shape index (κ1) is 38.7. The predicted octanol–water partition coefficient (Wildman–Crippen LogP) is 5.60. The van der Waals surface area contributed by atoms with Gasteiger partial charge in [0.05, 0.1) is 43.1 Å². The van der Waals surface area contributed by atoms with Crippen molar-refractivity contribution in [2.45, 2.75) is 19.6 Å². The van der Waals surface area contributed by atoms with Crippen molar-refractivity contribution in [1.29, 1.82) is 0 Å². The van der Waals surface area contributed by atoms with E-state index in [1.807, 2.05) is 0 Å². The molecule has 0 bridgehead atoms. The predicted molar refractivity (Wildman–Crippen MR) is 188 cm³/mol. The number of aromatic nitrogens is 2. The normalized spacial score (nSPS) is 13.0. The topological polar surface area (TPSA) is 353 Å². The van der Waals surface area contributed by atoms with E-state index in [0.717, 1.165) is 42.5 Å². The van der Waals surface area contributed by atoms with Crippen LogP contribution in [0.2, 0.25) is 0 Å². The van der Waals surface area contributed by atoms with Gasteiger partial charge in [0.25, 0.3) is 40.5 Å². The Kier molecular flexibility index (Phi) is 9.60. The molecule has 284 valence electrons. The summed E-state index contributed by atoms with van der Waals surface area (Å²) in [7, 11) is -19.7. The van der Waals surface area contributed by atoms with Gasteiger partial charge in [-0.15, -0.1) is 10.2 Å². The lowest BCUT2D eigenvalue weighted by atomic mass is 10.1. The summed E-state index contributed by atoms with van der Waals surface area (Å²) in [5, 5.41) is 36.3. The summed E-state index contributed by atoms with van der Waals surface area (Å²) in [5.74, 6) is -2.80. The number of hydrogen-bond acceptors (Lipinski definition) is 15. The van der Waals surface area contributed by atoms with Gasteiger partial charge in [-0.3, -0.25) is 18.2 Å². The van der Waals surface area contributed by atoms with Gasteiger partial charge >= 0.3 is 5.97 Å². The molecule has 0 fully saturated rings. The smallest absolute Gasteiger partial charge is 0.338 e. The van der Waals surface area contributed by atoms with E-state index < -0.39 is 88.7 Å². The van der Waals surface area contributed by atoms with Gasteiger partial charge in [0.1, 0.15) is 27.0 Å². The first-order chi connectivity index (χ1) is 25.5. The van der Waals surface area contributed by atoms with Gasteiger partial charge in [-0.1, -0.05) is 6.07 Å². The fourth-order valence-corrected chi connectivity index (χ4v) is 7.59. The second-order valence-electron chi connectivity index (χ2n) is 11.2. The molecule has 1 heterocycles. The molecule has 55 heavy (non-hydrogen) atoms. The van der Waals surface area contributed by atoms with Gasteiger partial charge in [-0.25, -0.2) is 9.78 Å². The molecule has 1 aromatic heterocycles. The number of carbonyl (C=O) groups is 1. The molecule has 5 aromatic carbocycles. The standard InChI is InChI=1S/C30H20N6O15S4/c37-28-25-14(1-9-22-26(25)32-29(31-22)19-8-7-18(53(43,44)45)13-23(19)54(46,47)48)11-24(55(49,50)51)27(28)36-35-21-10-4-16(12-20(21)30(38)39)34-33-15-2-5-17(6-3-15)52(40,41)42/h1-13,37H,(H,31,32)(H,38,39)(H,40,41,42)(H,43,44,45)(H,46,47,48)(H,49,50,51)/b34-33+,36-35+. The Morgan fingerprint density at radius 3 is 1.82 bits per heavy atom. The van der Waals surface area contributed by atoms with Crippen molar-refractivity contribution in [2.24, 2.45) is 20.5 Å². The van der Waals surface area contributed by atoms with Gasteiger partial charge in [-0.05, 0) is 78.2 Å². The molecule has 0 unspecified atom stereocenters. The fourth-order valence-electron chi connectivity index (χ4n) is 5.16. The van der Waals surface area contributed by atoms with Gasteiger partial charge in [0.15, 0.2) is 5.75 Å². The van der Waals surface area contributed by atoms with E-state index in [1.54, 1.807) is 0 Å². The maximum absolute atomic E-state index is 12.4. The Balaban J connectivity index is 1.46. The number of carboxylic acid groups (broad SMARTS) is 1. The molecule has 6 rings (SSSR count). The second-order valence-corrected chi connectivity index (χ2v) is 16.8. The van der Waals surface area contributed by atoms with Crippen molar-refractivity contribution >= 4 is 91.0 Å². The number of rotatable bonds is 10. The molecule has 7 N–H and O–H groups in total. The lowest BCUT2D eigenvalue weighted by Gasteiger charge is -2.10. The third-order valence-electron chi connectivity index (χ3n) is 7.62. The number of fused-ring (bicyclic) bond motifs is 3. The lowest BCUT2D eigenvalue weighted by Crippen LogP contribution is -2.05. The molecule has 0 radical (unpaired) electrons. The second kappa shape index (κ2) is 13.7. The maximum Gasteiger partial charge on any atom is 0.338 e. The van der Waals surface area contributed by atoms with Crippen molar-refractivity contribution in [1.82, 2.24) is 9.97 Å². The van der Waals surface area contributed by atoms with Crippen LogP contribution in [0.25, 0.3) is 33.2 Å². The molecule has 21 nitrogen and oxygen atoms in total. The quantitative estimate of drug-likeness (QED) is 0.0651. The van der Waals surface area contributed by atoms with Crippen LogP contribution in [0.3, 0.4) is 0 Å². The zero-order valence-electron chi connectivity index (χ0n) is 26.7. The number of nitrogens with zero attached hydrogens (tertiary/aromatic N) is 5. The number of phenols is 1. The summed E-state index contributed by atoms with van der Waals surface area (Å²) in [4.78, 5) is 15.9. The van der Waals surface area contributed by atoms with Crippen molar-refractivity contribution in [3.05, 3.63) is 84.4 Å². The number of H-pyrrole nitrogens is 1. The molecule has 0 aliphatic heterocycles. The van der Waals surface area contributed by atoms with E-state index in [2.05, 4.69) is 30.4 Å². The van der Waals surface area contributed by atoms with Crippen LogP contribution in [0.5, 0.6) is 5.75 Å². The summed E-state index contributed by atoms with van der Waals surface area (Å²) >= 11 is 0. The first-order valence-electron chi connectivity index (χ1n) is 14.6. The Bertz CT molecular complexity index is 3130. The molecule has 0 aliphatic carbocycles. The van der Waals surface area contributed by atoms with Crippen LogP contribution < -0.4 is 0 Å². The highest BCUT2D eigenvalue weighted by molar-refractivity contribution is 7.87. The summed E-state index contributed by atoms with van der Waals surface area (Å²) in [6, 6.07) is 13.6. The average molecular weight is 833 g/mol. The highest BCUT2D eigenvalue weighted by Gasteiger charge is 2.27. The third kappa shape index (κ3) is 7.93. The maximum atomic E-state index is 12.4. The molecular formula is C30H20N6O15S4. The number of azo groups is 2. The number of benzene rings is 5. The molecule has 25 heteroatoms. The van der Waals surface area contributed by atoms with Gasteiger partial charge in [0.2, 0.25) is 0 Å². The van der Waals surface area contributed by atoms with Crippen molar-refractivity contribution in [3.63, 3.8) is 0 Å². The summed E-state index contributed by atoms with van der Waals surface area (Å²) in [5.41, 5.74) is -2.17. The minimum Gasteiger partial charge on any atom is -0.505 e. The molecule has 0 atom stereocenters. The van der Waals surface area contributed by atoms with Gasteiger partial charge in [0, 0.05) is 5.56 Å². The van der Waals surface area contributed by atoms with E-state index >= 15 is 0 Å². The summed E-state index contributed by atoms with van der Waals surface area (Å²) in [6.07, 6.45) is 0. The lowest BCUT2D eigenvalue weighted by molar-refractivity contribution is 0.0697. The van der Waals surface area contributed by atoms with Crippen LogP contribution in [0, 0.1) is 0 Å². The minimum atomic E-state index is -5.15. The van der Waals surface area contributed by atoms with Crippen LogP contribution >= 0.6 is 0 Å². The highest BCUT2D eigenvalue weighted by atomic mass is 32.2. The number of aromatic amines is 1. The summed E-state index contributed by atoms with van der Waals surface area (Å²) < 4.78 is 133. The zero-order chi connectivity index (χ0) is 40.2. The largest absolute Gasteiger partial charge is 0.505 e. The van der Waals surface area contributed by atoms with E-state index in [4.69, 9.17) is 4.55 Å². The van der Waals surface area contributed by atoms with E-state index in [0.29, 0.717) is 6.07 Å². The SMILES string of the molecule is O=C(O)c1cc(/N=N/c2ccc(S(=O)(=O)O)cc2)ccc1/N=N/c1c(S(=O)(=O)O)cc2ccc3nc(-c4ccc(S(=O)(=O)O)cc4S(=O)(=O)O)[nH]c3c2c1O. The number of hydrogen-bond donors (Lipinski definition) is 7. The first-order valence-corrected chi connectivity index (χ1v) is 20.3. The number of carboxylic acids is 1. The molecule has 0 aliphatic rings. The van der Waals surface area contributed by atoms with E-state index in [1.165, 1.54) is 30.3 Å². The number of aromatic carboxylic acids is 1. The molecule has 0 amide bonds. The Hall–Kier alpha value is -6.06. The van der Waals surface area contributed by atoms with Crippen LogP contribution in [0.4, 0.5) is 22.7 Å². The van der Waals surface area contributed by atoms with Crippen LogP contribution in [0.1, 0.15) is 10.4 Å². The molecule has 0 saturated heterocycles. The van der Waals surface area contributed by atoms with Gasteiger partial charge in [-0.2, -0.15) is 43.9 Å². The van der Waals surface area contributed by atoms with Crippen LogP contribution in [-0.4, -0.2) is 78.0 Å². The van der Waals surface area contributed by atoms with Crippen LogP contribution in [0.15, 0.2) is 119 Å². The fraction of sp³-hybridized carbons (Fsp3) is 0. The average Bonchev–Trinajstić information content (AvgIpc) is 3.53. The molecule has 0 saturated carbocycles. The third-order valence-corrected chi connectivity index (χ3v) is 11.1. The Labute approximate surface area is 308 Å². The molecule has 0 spiro atoms. The summed E-state index contributed by atoms with van der Waals surface area (Å²) in [6.45, 7) is 0. The zero-order valence-corrected chi connectivity index (χ0v) is 30.0. The highest BCUT2D eigenvalue weighted by Crippen LogP contribution is 2.44. The van der Waals surface area contributed by atoms with Crippen molar-refractivity contribution < 1.29 is 66.9 Å². The number of phenolic OH excluding ortho intramolecular Hbond substituents is 1. The van der Waals surface area contributed by atoms with Gasteiger partial charge < -0.3 is 15.2 Å². The van der Waals surface area contributed by atoms with E-state index in [9.17, 15) is 62.3 Å². The number of aromatic hydroxyl groups is 1. The number of nitrogens with one attached hydrogen (secondary N) is 1. The monoisotopic (exact) mass is 832 g/mol. The number of imidazole rings is 1. The van der Waals surface area contributed by atoms with Crippen LogP contribution in [-0.2, 0) is 40.5 Å². The molecule has 6 aromatic rings.